The number of nitrogens with one attached hydrogen (secondary N) is 2. The molecule has 3 nitrogen and oxygen atoms in total. The van der Waals surface area contributed by atoms with Crippen molar-refractivity contribution in [3.63, 3.8) is 0 Å². The molecule has 2 heterocycles. The van der Waals surface area contributed by atoms with Gasteiger partial charge in [0.25, 0.3) is 0 Å². The van der Waals surface area contributed by atoms with Crippen molar-refractivity contribution in [2.24, 2.45) is 5.92 Å². The summed E-state index contributed by atoms with van der Waals surface area (Å²) < 4.78 is 0. The second-order valence-electron chi connectivity index (χ2n) is 5.04. The Morgan fingerprint density at radius 3 is 2.53 bits per heavy atom. The van der Waals surface area contributed by atoms with Gasteiger partial charge in [-0.15, -0.1) is 24.8 Å². The van der Waals surface area contributed by atoms with Gasteiger partial charge < -0.3 is 10.6 Å². The van der Waals surface area contributed by atoms with Gasteiger partial charge in [-0.05, 0) is 58.3 Å². The van der Waals surface area contributed by atoms with Crippen LogP contribution in [0.2, 0.25) is 0 Å². The van der Waals surface area contributed by atoms with Crippen LogP contribution in [0.1, 0.15) is 25.7 Å². The lowest BCUT2D eigenvalue weighted by Gasteiger charge is -2.31. The van der Waals surface area contributed by atoms with Crippen LogP contribution in [-0.4, -0.2) is 50.7 Å². The van der Waals surface area contributed by atoms with E-state index >= 15 is 0 Å². The summed E-state index contributed by atoms with van der Waals surface area (Å²) >= 11 is 0. The first-order chi connectivity index (χ1) is 7.40. The van der Waals surface area contributed by atoms with Crippen LogP contribution in [0, 0.1) is 5.92 Å². The van der Waals surface area contributed by atoms with Crippen LogP contribution in [0.3, 0.4) is 0 Å². The van der Waals surface area contributed by atoms with E-state index in [-0.39, 0.29) is 24.8 Å². The molecule has 0 aromatic rings. The molecule has 0 spiro atoms. The average molecular weight is 284 g/mol. The normalized spacial score (nSPS) is 26.3. The molecule has 2 aliphatic heterocycles. The van der Waals surface area contributed by atoms with Crippen molar-refractivity contribution in [3.05, 3.63) is 0 Å². The quantitative estimate of drug-likeness (QED) is 0.819. The molecule has 0 bridgehead atoms. The van der Waals surface area contributed by atoms with E-state index in [4.69, 9.17) is 0 Å². The molecule has 104 valence electrons. The second-order valence-corrected chi connectivity index (χ2v) is 5.04. The Bertz CT molecular complexity index is 187. The van der Waals surface area contributed by atoms with Gasteiger partial charge in [0.2, 0.25) is 0 Å². The predicted molar refractivity (Wildman–Crippen MR) is 78.6 cm³/mol. The van der Waals surface area contributed by atoms with Gasteiger partial charge in [-0.1, -0.05) is 0 Å². The molecule has 0 aromatic carbocycles. The summed E-state index contributed by atoms with van der Waals surface area (Å²) in [6, 6.07) is 0.810. The van der Waals surface area contributed by atoms with Gasteiger partial charge in [-0.2, -0.15) is 0 Å². The highest BCUT2D eigenvalue weighted by Gasteiger charge is 2.26. The molecule has 2 fully saturated rings. The van der Waals surface area contributed by atoms with Gasteiger partial charge in [0, 0.05) is 19.1 Å². The lowest BCUT2D eigenvalue weighted by atomic mass is 9.97. The summed E-state index contributed by atoms with van der Waals surface area (Å²) in [5.74, 6) is 0.948. The Hall–Kier alpha value is 0.460. The smallest absolute Gasteiger partial charge is 0.0221 e. The number of rotatable bonds is 4. The Morgan fingerprint density at radius 1 is 1.18 bits per heavy atom. The lowest BCUT2D eigenvalue weighted by molar-refractivity contribution is 0.190. The molecule has 0 aliphatic carbocycles. The number of hydrogen-bond donors (Lipinski definition) is 2. The van der Waals surface area contributed by atoms with E-state index in [9.17, 15) is 0 Å². The molecule has 17 heavy (non-hydrogen) atoms. The maximum atomic E-state index is 3.45. The van der Waals surface area contributed by atoms with E-state index < -0.39 is 0 Å². The number of halogens is 2. The summed E-state index contributed by atoms with van der Waals surface area (Å²) in [4.78, 5) is 2.71. The van der Waals surface area contributed by atoms with Crippen molar-refractivity contribution in [3.8, 4) is 0 Å². The summed E-state index contributed by atoms with van der Waals surface area (Å²) in [6.07, 6.45) is 5.55. The summed E-state index contributed by atoms with van der Waals surface area (Å²) in [7, 11) is 2.07. The number of likely N-dealkylation sites (tertiary alicyclic amines) is 1. The Balaban J connectivity index is 0.00000128. The van der Waals surface area contributed by atoms with E-state index in [2.05, 4.69) is 22.6 Å². The van der Waals surface area contributed by atoms with E-state index in [0.717, 1.165) is 12.0 Å². The standard InChI is InChI=1S/C12H25N3.2ClH/c1-13-9-12-3-2-8-15(12)10-11-4-6-14-7-5-11;;/h11-14H,2-10H2,1H3;2*1H. The van der Waals surface area contributed by atoms with Gasteiger partial charge in [0.05, 0.1) is 0 Å². The SMILES string of the molecule is CNCC1CCCN1CC1CCNCC1.Cl.Cl. The van der Waals surface area contributed by atoms with Crippen molar-refractivity contribution in [1.29, 1.82) is 0 Å². The molecule has 0 radical (unpaired) electrons. The maximum Gasteiger partial charge on any atom is 0.0221 e. The summed E-state index contributed by atoms with van der Waals surface area (Å²) in [5.41, 5.74) is 0. The molecule has 0 aromatic heterocycles. The number of likely N-dealkylation sites (N-methyl/N-ethyl adjacent to an activating group) is 1. The van der Waals surface area contributed by atoms with Crippen LogP contribution in [0.4, 0.5) is 0 Å². The lowest BCUT2D eigenvalue weighted by Crippen LogP contribution is -2.41. The Labute approximate surface area is 118 Å². The highest BCUT2D eigenvalue weighted by molar-refractivity contribution is 5.85. The molecule has 0 saturated carbocycles. The van der Waals surface area contributed by atoms with Crippen LogP contribution in [0.25, 0.3) is 0 Å². The number of piperidine rings is 1. The number of hydrogen-bond acceptors (Lipinski definition) is 3. The second kappa shape index (κ2) is 9.40. The largest absolute Gasteiger partial charge is 0.318 e. The fraction of sp³-hybridized carbons (Fsp3) is 1.00. The van der Waals surface area contributed by atoms with E-state index in [0.29, 0.717) is 0 Å². The average Bonchev–Trinajstić information content (AvgIpc) is 2.68. The molecule has 2 aliphatic rings. The Kier molecular flexibility index (Phi) is 9.65. The van der Waals surface area contributed by atoms with Gasteiger partial charge in [0.1, 0.15) is 0 Å². The molecule has 1 unspecified atom stereocenters. The van der Waals surface area contributed by atoms with Crippen molar-refractivity contribution in [1.82, 2.24) is 15.5 Å². The Morgan fingerprint density at radius 2 is 1.88 bits per heavy atom. The minimum absolute atomic E-state index is 0. The van der Waals surface area contributed by atoms with Gasteiger partial charge in [-0.3, -0.25) is 4.90 Å². The molecule has 1 atom stereocenters. The van der Waals surface area contributed by atoms with Crippen LogP contribution < -0.4 is 10.6 Å². The zero-order valence-electron chi connectivity index (χ0n) is 10.8. The first kappa shape index (κ1) is 17.5. The maximum absolute atomic E-state index is 3.45. The molecular formula is C12H27Cl2N3. The minimum atomic E-state index is 0. The fourth-order valence-electron chi connectivity index (χ4n) is 3.00. The minimum Gasteiger partial charge on any atom is -0.318 e. The third kappa shape index (κ3) is 5.31. The summed E-state index contributed by atoms with van der Waals surface area (Å²) in [6.45, 7) is 6.31. The van der Waals surface area contributed by atoms with Crippen LogP contribution >= 0.6 is 24.8 Å². The van der Waals surface area contributed by atoms with Crippen molar-refractivity contribution in [2.75, 3.05) is 39.8 Å². The van der Waals surface area contributed by atoms with Crippen molar-refractivity contribution in [2.45, 2.75) is 31.7 Å². The van der Waals surface area contributed by atoms with Crippen molar-refractivity contribution >= 4 is 24.8 Å². The van der Waals surface area contributed by atoms with E-state index in [1.165, 1.54) is 58.4 Å². The molecule has 5 heteroatoms. The number of nitrogens with zero attached hydrogens (tertiary/aromatic N) is 1. The van der Waals surface area contributed by atoms with E-state index in [1.807, 2.05) is 0 Å². The monoisotopic (exact) mass is 283 g/mol. The topological polar surface area (TPSA) is 27.3 Å². The first-order valence-corrected chi connectivity index (χ1v) is 6.49. The highest BCUT2D eigenvalue weighted by Crippen LogP contribution is 2.21. The highest BCUT2D eigenvalue weighted by atomic mass is 35.5. The summed E-state index contributed by atoms with van der Waals surface area (Å²) in [5, 5.41) is 6.77. The third-order valence-corrected chi connectivity index (χ3v) is 3.89. The molecule has 2 rings (SSSR count). The molecule has 2 saturated heterocycles. The van der Waals surface area contributed by atoms with Crippen LogP contribution in [0.15, 0.2) is 0 Å². The third-order valence-electron chi connectivity index (χ3n) is 3.89. The van der Waals surface area contributed by atoms with E-state index in [1.54, 1.807) is 0 Å². The molecule has 0 amide bonds. The van der Waals surface area contributed by atoms with Crippen LogP contribution in [-0.2, 0) is 0 Å². The van der Waals surface area contributed by atoms with Crippen LogP contribution in [0.5, 0.6) is 0 Å². The zero-order chi connectivity index (χ0) is 10.5. The molecular weight excluding hydrogens is 257 g/mol. The van der Waals surface area contributed by atoms with Gasteiger partial charge >= 0.3 is 0 Å². The molecule has 2 N–H and O–H groups in total. The van der Waals surface area contributed by atoms with Gasteiger partial charge in [0.15, 0.2) is 0 Å². The van der Waals surface area contributed by atoms with Crippen molar-refractivity contribution < 1.29 is 0 Å². The fourth-order valence-corrected chi connectivity index (χ4v) is 3.00. The zero-order valence-corrected chi connectivity index (χ0v) is 12.4. The predicted octanol–water partition coefficient (Wildman–Crippen LogP) is 1.51. The van der Waals surface area contributed by atoms with Gasteiger partial charge in [-0.25, -0.2) is 0 Å². The first-order valence-electron chi connectivity index (χ1n) is 6.49.